The normalized spacial score (nSPS) is 20.1. The third kappa shape index (κ3) is 3.85. The third-order valence-corrected chi connectivity index (χ3v) is 3.52. The van der Waals surface area contributed by atoms with Crippen molar-refractivity contribution < 1.29 is 27.5 Å². The molecule has 0 saturated heterocycles. The van der Waals surface area contributed by atoms with E-state index in [1.807, 2.05) is 0 Å². The van der Waals surface area contributed by atoms with Crippen molar-refractivity contribution in [3.63, 3.8) is 0 Å². The minimum atomic E-state index is -1.28. The lowest BCUT2D eigenvalue weighted by molar-refractivity contribution is -0.138. The van der Waals surface area contributed by atoms with Crippen LogP contribution in [0, 0.1) is 11.6 Å². The molecule has 0 unspecified atom stereocenters. The molecule has 0 heterocycles. The maximum absolute atomic E-state index is 13.9. The van der Waals surface area contributed by atoms with Crippen molar-refractivity contribution in [3.05, 3.63) is 46.1 Å². The van der Waals surface area contributed by atoms with E-state index >= 15 is 0 Å². The maximum Gasteiger partial charge on any atom is 0.343 e. The first-order valence-electron chi connectivity index (χ1n) is 6.82. The molecule has 0 aromatic heterocycles. The second-order valence-corrected chi connectivity index (χ2v) is 5.23. The number of esters is 1. The number of alkyl halides is 1. The van der Waals surface area contributed by atoms with Gasteiger partial charge in [-0.3, -0.25) is 4.79 Å². The van der Waals surface area contributed by atoms with Gasteiger partial charge in [-0.05, 0) is 19.1 Å². The Bertz CT molecular complexity index is 678. The lowest BCUT2D eigenvalue weighted by atomic mass is 10.0. The highest BCUT2D eigenvalue weighted by Gasteiger charge is 2.37. The van der Waals surface area contributed by atoms with Gasteiger partial charge in [0, 0.05) is 12.6 Å². The van der Waals surface area contributed by atoms with Gasteiger partial charge in [0.05, 0.1) is 18.2 Å². The van der Waals surface area contributed by atoms with Gasteiger partial charge in [-0.25, -0.2) is 18.0 Å². The Morgan fingerprint density at radius 3 is 2.65 bits per heavy atom. The molecular weight excluding hydrogens is 335 g/mol. The summed E-state index contributed by atoms with van der Waals surface area (Å²) in [6.07, 6.45) is 0.167. The average molecular weight is 348 g/mol. The van der Waals surface area contributed by atoms with Crippen molar-refractivity contribution >= 4 is 23.4 Å². The molecule has 1 fully saturated rings. The minimum absolute atomic E-state index is 0.00866. The van der Waals surface area contributed by atoms with E-state index in [1.165, 1.54) is 6.92 Å². The molecule has 1 aliphatic carbocycles. The number of hydrogen-bond donors (Lipinski definition) is 1. The van der Waals surface area contributed by atoms with E-state index in [9.17, 15) is 22.8 Å². The molecule has 0 spiro atoms. The monoisotopic (exact) mass is 347 g/mol. The fourth-order valence-corrected chi connectivity index (χ4v) is 1.96. The molecule has 1 aromatic rings. The number of ketones is 1. The zero-order valence-corrected chi connectivity index (χ0v) is 12.8. The molecule has 2 atom stereocenters. The molecular formula is C15H13ClF3NO3. The number of carbonyl (C=O) groups excluding carboxylic acids is 2. The summed E-state index contributed by atoms with van der Waals surface area (Å²) in [5, 5.41) is 1.70. The summed E-state index contributed by atoms with van der Waals surface area (Å²) in [5.74, 6) is -4.34. The Balaban J connectivity index is 2.32. The molecule has 1 saturated carbocycles. The lowest BCUT2D eigenvalue weighted by Crippen LogP contribution is -2.22. The van der Waals surface area contributed by atoms with Gasteiger partial charge in [0.15, 0.2) is 5.82 Å². The molecule has 4 nitrogen and oxygen atoms in total. The summed E-state index contributed by atoms with van der Waals surface area (Å²) < 4.78 is 44.7. The van der Waals surface area contributed by atoms with E-state index in [0.29, 0.717) is 0 Å². The Kier molecular flexibility index (Phi) is 5.30. The van der Waals surface area contributed by atoms with Crippen LogP contribution >= 0.6 is 11.6 Å². The van der Waals surface area contributed by atoms with Gasteiger partial charge in [-0.15, -0.1) is 0 Å². The molecule has 124 valence electrons. The van der Waals surface area contributed by atoms with Gasteiger partial charge in [-0.1, -0.05) is 11.6 Å². The Labute approximate surface area is 135 Å². The van der Waals surface area contributed by atoms with Crippen LogP contribution in [0.25, 0.3) is 0 Å². The smallest absolute Gasteiger partial charge is 0.343 e. The zero-order valence-electron chi connectivity index (χ0n) is 12.0. The molecule has 0 bridgehead atoms. The molecule has 0 radical (unpaired) electrons. The Morgan fingerprint density at radius 1 is 1.43 bits per heavy atom. The third-order valence-electron chi connectivity index (χ3n) is 3.17. The second-order valence-electron chi connectivity index (χ2n) is 4.86. The van der Waals surface area contributed by atoms with Gasteiger partial charge in [0.25, 0.3) is 0 Å². The average Bonchev–Trinajstić information content (AvgIpc) is 3.21. The van der Waals surface area contributed by atoms with Crippen molar-refractivity contribution in [1.82, 2.24) is 5.32 Å². The zero-order chi connectivity index (χ0) is 17.1. The predicted octanol–water partition coefficient (Wildman–Crippen LogP) is 2.95. The molecule has 0 aliphatic heterocycles. The lowest BCUT2D eigenvalue weighted by Gasteiger charge is -2.09. The van der Waals surface area contributed by atoms with Crippen LogP contribution in [0.5, 0.6) is 0 Å². The molecule has 1 aromatic carbocycles. The van der Waals surface area contributed by atoms with E-state index < -0.39 is 51.8 Å². The molecule has 2 rings (SSSR count). The van der Waals surface area contributed by atoms with E-state index in [4.69, 9.17) is 16.3 Å². The van der Waals surface area contributed by atoms with Crippen LogP contribution in [0.3, 0.4) is 0 Å². The highest BCUT2D eigenvalue weighted by Crippen LogP contribution is 2.26. The number of hydrogen-bond acceptors (Lipinski definition) is 4. The van der Waals surface area contributed by atoms with Crippen molar-refractivity contribution in [1.29, 1.82) is 0 Å². The first kappa shape index (κ1) is 17.3. The summed E-state index contributed by atoms with van der Waals surface area (Å²) in [7, 11) is 0. The Morgan fingerprint density at radius 2 is 2.09 bits per heavy atom. The van der Waals surface area contributed by atoms with Gasteiger partial charge in [0.2, 0.25) is 5.78 Å². The summed E-state index contributed by atoms with van der Waals surface area (Å²) in [6, 6.07) is 1.18. The van der Waals surface area contributed by atoms with Gasteiger partial charge in [-0.2, -0.15) is 0 Å². The number of benzene rings is 1. The fourth-order valence-electron chi connectivity index (χ4n) is 1.80. The van der Waals surface area contributed by atoms with E-state index in [-0.39, 0.29) is 13.0 Å². The summed E-state index contributed by atoms with van der Waals surface area (Å²) in [4.78, 5) is 24.2. The van der Waals surface area contributed by atoms with Gasteiger partial charge >= 0.3 is 5.97 Å². The molecule has 8 heteroatoms. The van der Waals surface area contributed by atoms with E-state index in [0.717, 1.165) is 18.3 Å². The molecule has 0 amide bonds. The van der Waals surface area contributed by atoms with E-state index in [2.05, 4.69) is 5.32 Å². The highest BCUT2D eigenvalue weighted by atomic mass is 35.5. The standard InChI is InChI=1S/C15H13ClF3NO3/c1-2-23-15(22)8(6-20-11-5-10(11)18)14(21)7-3-4-9(17)12(16)13(7)19/h3-4,6,10-11,20H,2,5H2,1H3/t10-,11+/m0/s1. The number of carbonyl (C=O) groups is 2. The van der Waals surface area contributed by atoms with Crippen molar-refractivity contribution in [3.8, 4) is 0 Å². The van der Waals surface area contributed by atoms with E-state index in [1.54, 1.807) is 0 Å². The number of ether oxygens (including phenoxy) is 1. The molecule has 1 N–H and O–H groups in total. The van der Waals surface area contributed by atoms with Gasteiger partial charge < -0.3 is 10.1 Å². The first-order chi connectivity index (χ1) is 10.9. The topological polar surface area (TPSA) is 55.4 Å². The first-order valence-corrected chi connectivity index (χ1v) is 7.20. The highest BCUT2D eigenvalue weighted by molar-refractivity contribution is 6.32. The van der Waals surface area contributed by atoms with Crippen LogP contribution in [-0.2, 0) is 9.53 Å². The second kappa shape index (κ2) is 7.04. The SMILES string of the molecule is CCOC(=O)C(=CN[C@@H]1C[C@@H]1F)C(=O)c1ccc(F)c(Cl)c1F. The largest absolute Gasteiger partial charge is 0.462 e. The Hall–Kier alpha value is -2.02. The van der Waals surface area contributed by atoms with Crippen LogP contribution in [0.15, 0.2) is 23.9 Å². The molecule has 23 heavy (non-hydrogen) atoms. The summed E-state index contributed by atoms with van der Waals surface area (Å²) in [5.41, 5.74) is -1.10. The predicted molar refractivity (Wildman–Crippen MR) is 76.9 cm³/mol. The number of nitrogens with one attached hydrogen (secondary N) is 1. The number of halogens is 4. The van der Waals surface area contributed by atoms with Crippen LogP contribution in [0.1, 0.15) is 23.7 Å². The maximum atomic E-state index is 13.9. The quantitative estimate of drug-likeness (QED) is 0.215. The van der Waals surface area contributed by atoms with Crippen molar-refractivity contribution in [2.24, 2.45) is 0 Å². The van der Waals surface area contributed by atoms with Crippen molar-refractivity contribution in [2.75, 3.05) is 6.61 Å². The van der Waals surface area contributed by atoms with Crippen LogP contribution < -0.4 is 5.32 Å². The van der Waals surface area contributed by atoms with Crippen LogP contribution in [0.2, 0.25) is 5.02 Å². The summed E-state index contributed by atoms with van der Waals surface area (Å²) in [6.45, 7) is 1.52. The van der Waals surface area contributed by atoms with Crippen LogP contribution in [0.4, 0.5) is 13.2 Å². The number of rotatable bonds is 6. The van der Waals surface area contributed by atoms with Crippen LogP contribution in [-0.4, -0.2) is 30.6 Å². The summed E-state index contributed by atoms with van der Waals surface area (Å²) >= 11 is 5.43. The molecule has 1 aliphatic rings. The fraction of sp³-hybridized carbons (Fsp3) is 0.333. The number of Topliss-reactive ketones (excluding diaryl/α,β-unsaturated/α-hetero) is 1. The minimum Gasteiger partial charge on any atom is -0.462 e. The van der Waals surface area contributed by atoms with Crippen molar-refractivity contribution in [2.45, 2.75) is 25.6 Å². The van der Waals surface area contributed by atoms with Gasteiger partial charge in [0.1, 0.15) is 22.6 Å².